The van der Waals surface area contributed by atoms with Crippen LogP contribution in [0.3, 0.4) is 0 Å². The molecular weight excluding hydrogens is 296 g/mol. The summed E-state index contributed by atoms with van der Waals surface area (Å²) < 4.78 is 1.33. The van der Waals surface area contributed by atoms with E-state index in [1.54, 1.807) is 24.4 Å². The molecular formula is C13H12N2O5S. The molecule has 1 aromatic carbocycles. The molecule has 0 aliphatic rings. The van der Waals surface area contributed by atoms with Gasteiger partial charge in [0.15, 0.2) is 0 Å². The van der Waals surface area contributed by atoms with Gasteiger partial charge in [-0.05, 0) is 6.92 Å². The lowest BCUT2D eigenvalue weighted by atomic mass is 10.1. The third kappa shape index (κ3) is 3.16. The number of aryl methyl sites for hydroxylation is 1. The molecule has 0 radical (unpaired) electrons. The summed E-state index contributed by atoms with van der Waals surface area (Å²) >= 11 is 0.941. The van der Waals surface area contributed by atoms with Gasteiger partial charge in [-0.25, -0.2) is 0 Å². The van der Waals surface area contributed by atoms with Crippen molar-refractivity contribution in [2.45, 2.75) is 19.9 Å². The van der Waals surface area contributed by atoms with Crippen molar-refractivity contribution < 1.29 is 14.8 Å². The van der Waals surface area contributed by atoms with Gasteiger partial charge in [-0.1, -0.05) is 23.5 Å². The van der Waals surface area contributed by atoms with Crippen LogP contribution in [0.4, 0.5) is 5.69 Å². The number of aliphatic carboxylic acids is 1. The molecule has 0 fully saturated rings. The molecule has 0 saturated carbocycles. The molecule has 0 aliphatic heterocycles. The van der Waals surface area contributed by atoms with Gasteiger partial charge in [0.1, 0.15) is 0 Å². The molecule has 110 valence electrons. The minimum Gasteiger partial charge on any atom is -0.481 e. The number of aromatic nitrogens is 1. The van der Waals surface area contributed by atoms with Gasteiger partial charge in [0.25, 0.3) is 5.69 Å². The van der Waals surface area contributed by atoms with Gasteiger partial charge in [0.2, 0.25) is 0 Å². The van der Waals surface area contributed by atoms with Gasteiger partial charge >= 0.3 is 10.8 Å². The largest absolute Gasteiger partial charge is 0.481 e. The number of carboxylic acids is 1. The lowest BCUT2D eigenvalue weighted by Crippen LogP contribution is -2.16. The molecule has 8 heteroatoms. The number of nitrogens with zero attached hydrogens (tertiary/aromatic N) is 2. The number of hydrogen-bond acceptors (Lipinski definition) is 5. The van der Waals surface area contributed by atoms with Crippen LogP contribution in [-0.4, -0.2) is 20.6 Å². The van der Waals surface area contributed by atoms with Gasteiger partial charge in [-0.2, -0.15) is 0 Å². The molecule has 0 aliphatic carbocycles. The van der Waals surface area contributed by atoms with Crippen LogP contribution in [0.1, 0.15) is 12.0 Å². The Balaban J connectivity index is 2.47. The Kier molecular flexibility index (Phi) is 4.18. The lowest BCUT2D eigenvalue weighted by Gasteiger charge is -2.07. The van der Waals surface area contributed by atoms with Crippen LogP contribution < -0.4 is 4.87 Å². The Bertz CT molecular complexity index is 762. The number of benzene rings is 1. The third-order valence-corrected chi connectivity index (χ3v) is 3.80. The standard InChI is InChI=1S/C13H12N2O5S/c1-8-2-3-9(6-10(8)15(19)20)11-7-21-13(18)14(11)5-4-12(16)17/h2-3,6-7H,4-5H2,1H3,(H,16,17). The molecule has 7 nitrogen and oxygen atoms in total. The molecule has 0 bridgehead atoms. The van der Waals surface area contributed by atoms with Crippen molar-refractivity contribution in [3.63, 3.8) is 0 Å². The molecule has 1 heterocycles. The number of thiazole rings is 1. The van der Waals surface area contributed by atoms with Crippen molar-refractivity contribution in [3.05, 3.63) is 48.9 Å². The second-order valence-corrected chi connectivity index (χ2v) is 5.26. The third-order valence-electron chi connectivity index (χ3n) is 3.03. The predicted molar refractivity (Wildman–Crippen MR) is 77.7 cm³/mol. The minimum atomic E-state index is -1.01. The quantitative estimate of drug-likeness (QED) is 0.674. The van der Waals surface area contributed by atoms with E-state index in [2.05, 4.69) is 0 Å². The molecule has 0 spiro atoms. The summed E-state index contributed by atoms with van der Waals surface area (Å²) in [5.74, 6) is -1.01. The topological polar surface area (TPSA) is 102 Å². The van der Waals surface area contributed by atoms with Crippen molar-refractivity contribution in [3.8, 4) is 11.3 Å². The van der Waals surface area contributed by atoms with Crippen LogP contribution in [-0.2, 0) is 11.3 Å². The summed E-state index contributed by atoms with van der Waals surface area (Å²) in [6.45, 7) is 1.67. The van der Waals surface area contributed by atoms with Gasteiger partial charge < -0.3 is 5.11 Å². The van der Waals surface area contributed by atoms with E-state index >= 15 is 0 Å². The highest BCUT2D eigenvalue weighted by Crippen LogP contribution is 2.27. The van der Waals surface area contributed by atoms with E-state index in [-0.39, 0.29) is 23.5 Å². The van der Waals surface area contributed by atoms with Crippen molar-refractivity contribution >= 4 is 23.0 Å². The fourth-order valence-electron chi connectivity index (χ4n) is 1.94. The Morgan fingerprint density at radius 2 is 2.19 bits per heavy atom. The molecule has 21 heavy (non-hydrogen) atoms. The summed E-state index contributed by atoms with van der Waals surface area (Å²) in [7, 11) is 0. The SMILES string of the molecule is Cc1ccc(-c2csc(=O)n2CCC(=O)O)cc1[N+](=O)[O-]. The van der Waals surface area contributed by atoms with Gasteiger partial charge in [0, 0.05) is 29.1 Å². The van der Waals surface area contributed by atoms with Gasteiger partial charge in [-0.3, -0.25) is 24.3 Å². The van der Waals surface area contributed by atoms with Crippen LogP contribution in [0.25, 0.3) is 11.3 Å². The number of nitro benzene ring substituents is 1. The zero-order valence-electron chi connectivity index (χ0n) is 11.1. The van der Waals surface area contributed by atoms with Crippen molar-refractivity contribution in [2.75, 3.05) is 0 Å². The van der Waals surface area contributed by atoms with Gasteiger partial charge in [0.05, 0.1) is 17.0 Å². The maximum absolute atomic E-state index is 11.8. The molecule has 1 N–H and O–H groups in total. The fourth-order valence-corrected chi connectivity index (χ4v) is 2.73. The minimum absolute atomic E-state index is 0.0315. The Morgan fingerprint density at radius 3 is 2.81 bits per heavy atom. The number of rotatable bonds is 5. The summed E-state index contributed by atoms with van der Waals surface area (Å²) in [5, 5.41) is 21.3. The Morgan fingerprint density at radius 1 is 1.48 bits per heavy atom. The maximum atomic E-state index is 11.8. The van der Waals surface area contributed by atoms with E-state index < -0.39 is 10.9 Å². The monoisotopic (exact) mass is 308 g/mol. The maximum Gasteiger partial charge on any atom is 0.307 e. The first-order chi connectivity index (χ1) is 9.90. The van der Waals surface area contributed by atoms with E-state index in [1.165, 1.54) is 10.6 Å². The van der Waals surface area contributed by atoms with Crippen molar-refractivity contribution in [2.24, 2.45) is 0 Å². The normalized spacial score (nSPS) is 10.5. The average Bonchev–Trinajstić information content (AvgIpc) is 2.78. The van der Waals surface area contributed by atoms with E-state index in [9.17, 15) is 19.7 Å². The second-order valence-electron chi connectivity index (χ2n) is 4.44. The summed E-state index contributed by atoms with van der Waals surface area (Å²) in [4.78, 5) is 32.6. The molecule has 0 amide bonds. The predicted octanol–water partition coefficient (Wildman–Crippen LogP) is 2.27. The Labute approximate surface area is 123 Å². The van der Waals surface area contributed by atoms with E-state index in [0.717, 1.165) is 11.3 Å². The first-order valence-electron chi connectivity index (χ1n) is 6.05. The average molecular weight is 308 g/mol. The number of hydrogen-bond donors (Lipinski definition) is 1. The molecule has 0 saturated heterocycles. The number of carbonyl (C=O) groups is 1. The zero-order chi connectivity index (χ0) is 15.6. The van der Waals surface area contributed by atoms with Crippen LogP contribution in [0.2, 0.25) is 0 Å². The number of nitro groups is 1. The molecule has 0 atom stereocenters. The fraction of sp³-hybridized carbons (Fsp3) is 0.231. The molecule has 2 rings (SSSR count). The first-order valence-corrected chi connectivity index (χ1v) is 6.93. The van der Waals surface area contributed by atoms with Crippen LogP contribution in [0.15, 0.2) is 28.4 Å². The summed E-state index contributed by atoms with van der Waals surface area (Å²) in [6, 6.07) is 4.69. The van der Waals surface area contributed by atoms with Gasteiger partial charge in [-0.15, -0.1) is 0 Å². The molecule has 0 unspecified atom stereocenters. The highest BCUT2D eigenvalue weighted by atomic mass is 32.1. The first kappa shape index (κ1) is 14.9. The smallest absolute Gasteiger partial charge is 0.307 e. The highest BCUT2D eigenvalue weighted by Gasteiger charge is 2.15. The molecule has 1 aromatic heterocycles. The van der Waals surface area contributed by atoms with E-state index in [4.69, 9.17) is 5.11 Å². The van der Waals surface area contributed by atoms with Crippen molar-refractivity contribution in [1.82, 2.24) is 4.57 Å². The number of carboxylic acid groups (broad SMARTS) is 1. The van der Waals surface area contributed by atoms with E-state index in [0.29, 0.717) is 16.8 Å². The van der Waals surface area contributed by atoms with Crippen LogP contribution in [0, 0.1) is 17.0 Å². The highest BCUT2D eigenvalue weighted by molar-refractivity contribution is 7.07. The Hall–Kier alpha value is -2.48. The lowest BCUT2D eigenvalue weighted by molar-refractivity contribution is -0.385. The van der Waals surface area contributed by atoms with Crippen molar-refractivity contribution in [1.29, 1.82) is 0 Å². The van der Waals surface area contributed by atoms with Crippen LogP contribution >= 0.6 is 11.3 Å². The second kappa shape index (κ2) is 5.88. The van der Waals surface area contributed by atoms with Crippen LogP contribution in [0.5, 0.6) is 0 Å². The van der Waals surface area contributed by atoms with E-state index in [1.807, 2.05) is 0 Å². The zero-order valence-corrected chi connectivity index (χ0v) is 11.9. The summed E-state index contributed by atoms with van der Waals surface area (Å²) in [6.07, 6.45) is -0.183. The molecule has 2 aromatic rings. The summed E-state index contributed by atoms with van der Waals surface area (Å²) in [5.41, 5.74) is 1.51.